The summed E-state index contributed by atoms with van der Waals surface area (Å²) in [4.78, 5) is 44.5. The molecule has 1 aromatic carbocycles. The van der Waals surface area contributed by atoms with E-state index in [1.54, 1.807) is 13.8 Å². The molecule has 8 nitrogen and oxygen atoms in total. The van der Waals surface area contributed by atoms with Crippen LogP contribution in [0.4, 0.5) is 18.9 Å². The fourth-order valence-electron chi connectivity index (χ4n) is 4.01. The van der Waals surface area contributed by atoms with Gasteiger partial charge in [0.25, 0.3) is 5.91 Å². The normalized spacial score (nSPS) is 18.5. The van der Waals surface area contributed by atoms with Gasteiger partial charge in [0.15, 0.2) is 5.78 Å². The first kappa shape index (κ1) is 27.7. The summed E-state index contributed by atoms with van der Waals surface area (Å²) >= 11 is 5.96. The number of aromatic nitrogens is 2. The number of carbonyl (C=O) groups is 3. The topological polar surface area (TPSA) is 124 Å². The minimum absolute atomic E-state index is 0.00257. The lowest BCUT2D eigenvalue weighted by molar-refractivity contribution is -0.137. The predicted octanol–water partition coefficient (Wildman–Crippen LogP) is 4.74. The Hall–Kier alpha value is -2.92. The van der Waals surface area contributed by atoms with Crippen LogP contribution in [0.1, 0.15) is 78.9 Å². The van der Waals surface area contributed by atoms with Crippen molar-refractivity contribution in [3.63, 3.8) is 0 Å². The van der Waals surface area contributed by atoms with Crippen LogP contribution in [-0.4, -0.2) is 44.3 Å². The lowest BCUT2D eigenvalue weighted by Gasteiger charge is -2.28. The van der Waals surface area contributed by atoms with E-state index in [0.717, 1.165) is 18.2 Å². The molecular weight excluding hydrogens is 501 g/mol. The van der Waals surface area contributed by atoms with Gasteiger partial charge in [0.2, 0.25) is 5.91 Å². The molecule has 2 aromatic rings. The molecule has 0 saturated heterocycles. The second-order valence-corrected chi connectivity index (χ2v) is 9.97. The summed E-state index contributed by atoms with van der Waals surface area (Å²) in [7, 11) is 0. The summed E-state index contributed by atoms with van der Waals surface area (Å²) in [6, 6.07) is 2.49. The number of Topliss-reactive ketones (excluding diaryl/α,β-unsaturated/α-hetero) is 1. The molecular formula is C24H28ClF3N4O4. The van der Waals surface area contributed by atoms with E-state index in [2.05, 4.69) is 20.6 Å². The Balaban J connectivity index is 1.54. The number of anilines is 1. The quantitative estimate of drug-likeness (QED) is 0.368. The van der Waals surface area contributed by atoms with Crippen LogP contribution in [0.5, 0.6) is 0 Å². The zero-order valence-corrected chi connectivity index (χ0v) is 20.6. The molecule has 0 atom stereocenters. The molecule has 0 radical (unpaired) electrons. The molecule has 12 heteroatoms. The first-order valence-corrected chi connectivity index (χ1v) is 11.9. The molecule has 196 valence electrons. The highest BCUT2D eigenvalue weighted by molar-refractivity contribution is 6.33. The smallest absolute Gasteiger partial charge is 0.390 e. The van der Waals surface area contributed by atoms with Gasteiger partial charge in [0.05, 0.1) is 28.2 Å². The first-order valence-electron chi connectivity index (χ1n) is 11.5. The number of amides is 2. The van der Waals surface area contributed by atoms with Crippen LogP contribution in [0.3, 0.4) is 0 Å². The van der Waals surface area contributed by atoms with E-state index in [4.69, 9.17) is 11.6 Å². The maximum atomic E-state index is 13.0. The molecule has 3 rings (SSSR count). The van der Waals surface area contributed by atoms with Gasteiger partial charge in [0.1, 0.15) is 11.4 Å². The van der Waals surface area contributed by atoms with Crippen molar-refractivity contribution in [2.45, 2.75) is 70.2 Å². The summed E-state index contributed by atoms with van der Waals surface area (Å²) in [6.07, 6.45) is -1.29. The first-order chi connectivity index (χ1) is 16.7. The van der Waals surface area contributed by atoms with E-state index in [1.807, 2.05) is 0 Å². The highest BCUT2D eigenvalue weighted by Gasteiger charge is 2.32. The van der Waals surface area contributed by atoms with Crippen LogP contribution in [0.15, 0.2) is 24.5 Å². The van der Waals surface area contributed by atoms with Crippen LogP contribution in [0.25, 0.3) is 0 Å². The van der Waals surface area contributed by atoms with Crippen molar-refractivity contribution in [3.05, 3.63) is 46.5 Å². The standard InChI is InChI=1S/C24H28ClF3N4O4/c1-23(2,36)10-9-18(33)19-20(30-12-29-19)22(35)31-15-6-3-13(4-7-15)21(34)32-17-11-14(24(26,27)28)5-8-16(17)25/h5,8,11-13,15,36H,3-4,6-7,9-10H2,1-2H3,(H,29,30)(H,31,35)(H,32,34). The molecule has 36 heavy (non-hydrogen) atoms. The van der Waals surface area contributed by atoms with Gasteiger partial charge in [0, 0.05) is 18.4 Å². The number of carbonyl (C=O) groups excluding carboxylic acids is 3. The van der Waals surface area contributed by atoms with Crippen LogP contribution in [-0.2, 0) is 11.0 Å². The number of hydrogen-bond donors (Lipinski definition) is 4. The number of rotatable bonds is 8. The third kappa shape index (κ3) is 7.30. The van der Waals surface area contributed by atoms with Gasteiger partial charge in [-0.25, -0.2) is 4.98 Å². The number of nitrogens with one attached hydrogen (secondary N) is 3. The molecule has 0 aliphatic heterocycles. The van der Waals surface area contributed by atoms with Crippen molar-refractivity contribution in [2.24, 2.45) is 5.92 Å². The molecule has 4 N–H and O–H groups in total. The molecule has 0 spiro atoms. The number of ketones is 1. The van der Waals surface area contributed by atoms with Gasteiger partial charge in [-0.2, -0.15) is 13.2 Å². The van der Waals surface area contributed by atoms with E-state index < -0.39 is 35.1 Å². The minimum Gasteiger partial charge on any atom is -0.390 e. The fraction of sp³-hybridized carbons (Fsp3) is 0.500. The Bertz CT molecular complexity index is 1120. The van der Waals surface area contributed by atoms with Crippen molar-refractivity contribution in [1.82, 2.24) is 15.3 Å². The van der Waals surface area contributed by atoms with Crippen molar-refractivity contribution >= 4 is 34.9 Å². The summed E-state index contributed by atoms with van der Waals surface area (Å²) in [5, 5.41) is 15.2. The average Bonchev–Trinajstić information content (AvgIpc) is 3.28. The molecule has 1 aliphatic carbocycles. The van der Waals surface area contributed by atoms with Gasteiger partial charge in [-0.05, 0) is 64.2 Å². The lowest BCUT2D eigenvalue weighted by atomic mass is 9.85. The highest BCUT2D eigenvalue weighted by Crippen LogP contribution is 2.34. The van der Waals surface area contributed by atoms with Crippen LogP contribution < -0.4 is 10.6 Å². The Morgan fingerprint density at radius 3 is 2.44 bits per heavy atom. The summed E-state index contributed by atoms with van der Waals surface area (Å²) < 4.78 is 38.9. The van der Waals surface area contributed by atoms with E-state index >= 15 is 0 Å². The zero-order valence-electron chi connectivity index (χ0n) is 19.8. The fourth-order valence-corrected chi connectivity index (χ4v) is 4.17. The van der Waals surface area contributed by atoms with Crippen LogP contribution in [0, 0.1) is 5.92 Å². The third-order valence-corrected chi connectivity index (χ3v) is 6.41. The van der Waals surface area contributed by atoms with Crippen molar-refractivity contribution < 1.29 is 32.7 Å². The molecule has 1 fully saturated rings. The summed E-state index contributed by atoms with van der Waals surface area (Å²) in [5.74, 6) is -1.75. The molecule has 1 aliphatic rings. The average molecular weight is 529 g/mol. The van der Waals surface area contributed by atoms with Gasteiger partial charge >= 0.3 is 6.18 Å². The molecule has 2 amide bonds. The maximum Gasteiger partial charge on any atom is 0.416 e. The maximum absolute atomic E-state index is 13.0. The Morgan fingerprint density at radius 2 is 1.83 bits per heavy atom. The molecule has 1 aromatic heterocycles. The number of aliphatic hydroxyl groups is 1. The SMILES string of the molecule is CC(C)(O)CCC(=O)c1nc[nH]c1C(=O)NC1CCC(C(=O)Nc2cc(C(F)(F)F)ccc2Cl)CC1. The number of hydrogen-bond acceptors (Lipinski definition) is 5. The summed E-state index contributed by atoms with van der Waals surface area (Å²) in [6.45, 7) is 3.17. The largest absolute Gasteiger partial charge is 0.416 e. The lowest BCUT2D eigenvalue weighted by Crippen LogP contribution is -2.40. The number of benzene rings is 1. The monoisotopic (exact) mass is 528 g/mol. The van der Waals surface area contributed by atoms with E-state index in [-0.39, 0.29) is 46.8 Å². The molecule has 0 bridgehead atoms. The van der Waals surface area contributed by atoms with E-state index in [1.165, 1.54) is 6.33 Å². The number of halogens is 4. The van der Waals surface area contributed by atoms with Gasteiger partial charge in [-0.1, -0.05) is 11.6 Å². The van der Waals surface area contributed by atoms with Gasteiger partial charge < -0.3 is 20.7 Å². The minimum atomic E-state index is -4.56. The zero-order chi connectivity index (χ0) is 26.7. The van der Waals surface area contributed by atoms with E-state index in [0.29, 0.717) is 25.7 Å². The Labute approximate surface area is 211 Å². The second-order valence-electron chi connectivity index (χ2n) is 9.57. The number of nitrogens with zero attached hydrogens (tertiary/aromatic N) is 1. The van der Waals surface area contributed by atoms with Crippen molar-refractivity contribution in [1.29, 1.82) is 0 Å². The van der Waals surface area contributed by atoms with Crippen LogP contribution >= 0.6 is 11.6 Å². The number of alkyl halides is 3. The van der Waals surface area contributed by atoms with Crippen molar-refractivity contribution in [3.8, 4) is 0 Å². The van der Waals surface area contributed by atoms with Crippen molar-refractivity contribution in [2.75, 3.05) is 5.32 Å². The molecule has 1 heterocycles. The Kier molecular flexibility index (Phi) is 8.45. The van der Waals surface area contributed by atoms with E-state index in [9.17, 15) is 32.7 Å². The third-order valence-electron chi connectivity index (χ3n) is 6.08. The predicted molar refractivity (Wildman–Crippen MR) is 127 cm³/mol. The molecule has 1 saturated carbocycles. The Morgan fingerprint density at radius 1 is 1.17 bits per heavy atom. The number of aromatic amines is 1. The summed E-state index contributed by atoms with van der Waals surface area (Å²) in [5.41, 5.74) is -2.00. The molecule has 0 unspecified atom stereocenters. The van der Waals surface area contributed by atoms with Crippen LogP contribution in [0.2, 0.25) is 5.02 Å². The number of H-pyrrole nitrogens is 1. The second kappa shape index (κ2) is 11.0. The van der Waals surface area contributed by atoms with Gasteiger partial charge in [-0.15, -0.1) is 0 Å². The highest BCUT2D eigenvalue weighted by atomic mass is 35.5. The van der Waals surface area contributed by atoms with Gasteiger partial charge in [-0.3, -0.25) is 14.4 Å². The number of imidazole rings is 1.